The average molecular weight is 371 g/mol. The molecule has 22 heavy (non-hydrogen) atoms. The fourth-order valence-corrected chi connectivity index (χ4v) is 1.87. The average Bonchev–Trinajstić information content (AvgIpc) is 2.45. The first-order valence-electron chi connectivity index (χ1n) is 7.09. The van der Waals surface area contributed by atoms with Gasteiger partial charge in [0, 0.05) is 24.7 Å². The molecule has 0 aromatic heterocycles. The van der Waals surface area contributed by atoms with Crippen LogP contribution in [0.3, 0.4) is 0 Å². The maximum atomic E-state index is 11.9. The van der Waals surface area contributed by atoms with Crippen LogP contribution in [-0.4, -0.2) is 30.3 Å². The Morgan fingerprint density at radius 2 is 2.00 bits per heavy atom. The second-order valence-corrected chi connectivity index (χ2v) is 6.97. The topological polar surface area (TPSA) is 67.4 Å². The number of hydrogen-bond donors (Lipinski definition) is 2. The van der Waals surface area contributed by atoms with E-state index >= 15 is 0 Å². The van der Waals surface area contributed by atoms with E-state index in [1.165, 1.54) is 0 Å². The number of amides is 2. The highest BCUT2D eigenvalue weighted by Crippen LogP contribution is 2.25. The SMILES string of the molecule is COc1cccc(NC(=O)CCNC(=O)[C@@H](Br)C(C)(C)C)c1. The molecule has 0 fully saturated rings. The van der Waals surface area contributed by atoms with E-state index in [0.29, 0.717) is 18.0 Å². The van der Waals surface area contributed by atoms with E-state index in [2.05, 4.69) is 26.6 Å². The van der Waals surface area contributed by atoms with Crippen LogP contribution in [0.4, 0.5) is 5.69 Å². The third kappa shape index (κ3) is 6.05. The number of halogens is 1. The molecule has 6 heteroatoms. The maximum Gasteiger partial charge on any atom is 0.234 e. The number of alkyl halides is 1. The van der Waals surface area contributed by atoms with Crippen LogP contribution in [0, 0.1) is 5.41 Å². The zero-order valence-electron chi connectivity index (χ0n) is 13.4. The summed E-state index contributed by atoms with van der Waals surface area (Å²) < 4.78 is 5.09. The van der Waals surface area contributed by atoms with Crippen LogP contribution < -0.4 is 15.4 Å². The molecule has 2 N–H and O–H groups in total. The summed E-state index contributed by atoms with van der Waals surface area (Å²) in [6.07, 6.45) is 0.215. The Labute approximate surface area is 139 Å². The monoisotopic (exact) mass is 370 g/mol. The molecule has 0 saturated heterocycles. The number of ether oxygens (including phenoxy) is 1. The van der Waals surface area contributed by atoms with Gasteiger partial charge in [0.1, 0.15) is 5.75 Å². The van der Waals surface area contributed by atoms with Gasteiger partial charge in [-0.25, -0.2) is 0 Å². The van der Waals surface area contributed by atoms with Gasteiger partial charge in [0.15, 0.2) is 0 Å². The van der Waals surface area contributed by atoms with Crippen molar-refractivity contribution >= 4 is 33.4 Å². The molecule has 0 aliphatic heterocycles. The molecule has 122 valence electrons. The molecular formula is C16H23BrN2O3. The molecule has 1 aromatic carbocycles. The molecule has 1 atom stereocenters. The molecule has 1 rings (SSSR count). The van der Waals surface area contributed by atoms with Crippen molar-refractivity contribution in [2.45, 2.75) is 32.0 Å². The van der Waals surface area contributed by atoms with Gasteiger partial charge in [-0.05, 0) is 17.5 Å². The van der Waals surface area contributed by atoms with Crippen LogP contribution in [0.15, 0.2) is 24.3 Å². The molecule has 2 amide bonds. The fraction of sp³-hybridized carbons (Fsp3) is 0.500. The van der Waals surface area contributed by atoms with Gasteiger partial charge in [0.2, 0.25) is 11.8 Å². The van der Waals surface area contributed by atoms with Crippen LogP contribution in [0.25, 0.3) is 0 Å². The van der Waals surface area contributed by atoms with E-state index in [9.17, 15) is 9.59 Å². The molecule has 0 unspecified atom stereocenters. The summed E-state index contributed by atoms with van der Waals surface area (Å²) in [4.78, 5) is 23.5. The molecule has 5 nitrogen and oxygen atoms in total. The highest BCUT2D eigenvalue weighted by atomic mass is 79.9. The predicted molar refractivity (Wildman–Crippen MR) is 91.4 cm³/mol. The van der Waals surface area contributed by atoms with Crippen molar-refractivity contribution in [2.75, 3.05) is 19.0 Å². The number of hydrogen-bond acceptors (Lipinski definition) is 3. The Balaban J connectivity index is 2.39. The van der Waals surface area contributed by atoms with E-state index in [0.717, 1.165) is 0 Å². The van der Waals surface area contributed by atoms with Gasteiger partial charge in [-0.15, -0.1) is 0 Å². The number of nitrogens with one attached hydrogen (secondary N) is 2. The second kappa shape index (κ2) is 8.17. The summed E-state index contributed by atoms with van der Waals surface area (Å²) in [7, 11) is 1.57. The maximum absolute atomic E-state index is 11.9. The predicted octanol–water partition coefficient (Wildman–Crippen LogP) is 2.95. The Morgan fingerprint density at radius 3 is 2.59 bits per heavy atom. The van der Waals surface area contributed by atoms with Crippen LogP contribution in [0.2, 0.25) is 0 Å². The van der Waals surface area contributed by atoms with Crippen molar-refractivity contribution in [3.63, 3.8) is 0 Å². The van der Waals surface area contributed by atoms with Crippen molar-refractivity contribution in [1.29, 1.82) is 0 Å². The highest BCUT2D eigenvalue weighted by molar-refractivity contribution is 9.10. The number of rotatable bonds is 6. The Morgan fingerprint density at radius 1 is 1.32 bits per heavy atom. The molecule has 0 saturated carbocycles. The lowest BCUT2D eigenvalue weighted by atomic mass is 9.92. The number of benzene rings is 1. The number of carbonyl (C=O) groups excluding carboxylic acids is 2. The molecular weight excluding hydrogens is 348 g/mol. The Hall–Kier alpha value is -1.56. The summed E-state index contributed by atoms with van der Waals surface area (Å²) in [5, 5.41) is 5.52. The quantitative estimate of drug-likeness (QED) is 0.756. The van der Waals surface area contributed by atoms with E-state index < -0.39 is 0 Å². The van der Waals surface area contributed by atoms with E-state index in [-0.39, 0.29) is 28.5 Å². The number of carbonyl (C=O) groups is 2. The van der Waals surface area contributed by atoms with Crippen LogP contribution in [0.5, 0.6) is 5.75 Å². The molecule has 1 aromatic rings. The summed E-state index contributed by atoms with van der Waals surface area (Å²) in [6.45, 7) is 6.22. The van der Waals surface area contributed by atoms with Crippen LogP contribution in [-0.2, 0) is 9.59 Å². The lowest BCUT2D eigenvalue weighted by molar-refractivity contribution is -0.122. The van der Waals surface area contributed by atoms with Gasteiger partial charge >= 0.3 is 0 Å². The van der Waals surface area contributed by atoms with Crippen molar-refractivity contribution in [3.05, 3.63) is 24.3 Å². The molecule has 0 bridgehead atoms. The number of anilines is 1. The molecule has 0 radical (unpaired) electrons. The third-order valence-corrected chi connectivity index (χ3v) is 4.78. The first kappa shape index (κ1) is 18.5. The van der Waals surface area contributed by atoms with Crippen molar-refractivity contribution in [2.24, 2.45) is 5.41 Å². The Kier molecular flexibility index (Phi) is 6.87. The standard InChI is InChI=1S/C16H23BrN2O3/c1-16(2,3)14(17)15(21)18-9-8-13(20)19-11-6-5-7-12(10-11)22-4/h5-7,10,14H,8-9H2,1-4H3,(H,18,21)(H,19,20)/t14-/m1/s1. The molecule has 0 spiro atoms. The first-order chi connectivity index (χ1) is 10.2. The zero-order valence-corrected chi connectivity index (χ0v) is 15.0. The van der Waals surface area contributed by atoms with E-state index in [1.807, 2.05) is 20.8 Å². The first-order valence-corrected chi connectivity index (χ1v) is 8.01. The van der Waals surface area contributed by atoms with Gasteiger partial charge in [0.05, 0.1) is 11.9 Å². The Bertz CT molecular complexity index is 526. The van der Waals surface area contributed by atoms with Crippen molar-refractivity contribution < 1.29 is 14.3 Å². The number of methoxy groups -OCH3 is 1. The third-order valence-electron chi connectivity index (χ3n) is 3.00. The molecule has 0 aliphatic rings. The van der Waals surface area contributed by atoms with Gasteiger partial charge < -0.3 is 15.4 Å². The lowest BCUT2D eigenvalue weighted by Crippen LogP contribution is -2.39. The van der Waals surface area contributed by atoms with Crippen molar-refractivity contribution in [1.82, 2.24) is 5.32 Å². The summed E-state index contributed by atoms with van der Waals surface area (Å²) >= 11 is 3.37. The summed E-state index contributed by atoms with van der Waals surface area (Å²) in [6, 6.07) is 7.13. The van der Waals surface area contributed by atoms with E-state index in [1.54, 1.807) is 31.4 Å². The zero-order chi connectivity index (χ0) is 16.8. The largest absolute Gasteiger partial charge is 0.497 e. The molecule has 0 aliphatic carbocycles. The smallest absolute Gasteiger partial charge is 0.234 e. The minimum Gasteiger partial charge on any atom is -0.497 e. The van der Waals surface area contributed by atoms with Crippen LogP contribution in [0.1, 0.15) is 27.2 Å². The molecule has 0 heterocycles. The minimum absolute atomic E-state index is 0.110. The fourth-order valence-electron chi connectivity index (χ4n) is 1.71. The van der Waals surface area contributed by atoms with Crippen LogP contribution >= 0.6 is 15.9 Å². The van der Waals surface area contributed by atoms with Gasteiger partial charge in [-0.2, -0.15) is 0 Å². The van der Waals surface area contributed by atoms with Gasteiger partial charge in [-0.1, -0.05) is 42.8 Å². The second-order valence-electron chi connectivity index (χ2n) is 6.05. The minimum atomic E-state index is -0.290. The van der Waals surface area contributed by atoms with Gasteiger partial charge in [0.25, 0.3) is 0 Å². The summed E-state index contributed by atoms with van der Waals surface area (Å²) in [5.41, 5.74) is 0.496. The van der Waals surface area contributed by atoms with Crippen molar-refractivity contribution in [3.8, 4) is 5.75 Å². The summed E-state index contributed by atoms with van der Waals surface area (Å²) in [5.74, 6) is 0.413. The van der Waals surface area contributed by atoms with Gasteiger partial charge in [-0.3, -0.25) is 9.59 Å². The highest BCUT2D eigenvalue weighted by Gasteiger charge is 2.28. The lowest BCUT2D eigenvalue weighted by Gasteiger charge is -2.24. The van der Waals surface area contributed by atoms with E-state index in [4.69, 9.17) is 4.74 Å². The normalized spacial score (nSPS) is 12.4.